The summed E-state index contributed by atoms with van der Waals surface area (Å²) in [6.07, 6.45) is 1.01. The summed E-state index contributed by atoms with van der Waals surface area (Å²) in [5.74, 6) is 1.20. The third-order valence-corrected chi connectivity index (χ3v) is 2.73. The molecule has 1 rings (SSSR count). The van der Waals surface area contributed by atoms with E-state index in [0.29, 0.717) is 17.2 Å². The molecule has 1 atom stereocenters. The maximum atomic E-state index is 9.07. The molecule has 1 aromatic rings. The van der Waals surface area contributed by atoms with Crippen molar-refractivity contribution in [3.8, 4) is 0 Å². The number of pyridine rings is 1. The molecule has 0 aliphatic rings. The molecular formula is C9H14N2O2S. The Balaban J connectivity index is 2.31. The Hall–Kier alpha value is -0.780. The van der Waals surface area contributed by atoms with Gasteiger partial charge in [-0.2, -0.15) is 11.8 Å². The van der Waals surface area contributed by atoms with Crippen molar-refractivity contribution in [2.24, 2.45) is 0 Å². The Morgan fingerprint density at radius 2 is 2.36 bits per heavy atom. The zero-order chi connectivity index (χ0) is 10.4. The molecule has 0 spiro atoms. The molecule has 1 unspecified atom stereocenters. The topological polar surface area (TPSA) is 79.4 Å². The van der Waals surface area contributed by atoms with Crippen LogP contribution >= 0.6 is 11.8 Å². The third-order valence-electron chi connectivity index (χ3n) is 1.61. The highest BCUT2D eigenvalue weighted by Gasteiger charge is 2.02. The van der Waals surface area contributed by atoms with Gasteiger partial charge in [0.05, 0.1) is 18.4 Å². The molecular weight excluding hydrogens is 200 g/mol. The van der Waals surface area contributed by atoms with Crippen molar-refractivity contribution in [1.82, 2.24) is 4.98 Å². The second-order valence-corrected chi connectivity index (χ2v) is 3.96. The molecule has 1 heterocycles. The molecule has 5 heteroatoms. The summed E-state index contributed by atoms with van der Waals surface area (Å²) in [5.41, 5.74) is 7.16. The largest absolute Gasteiger partial charge is 0.399 e. The zero-order valence-corrected chi connectivity index (χ0v) is 8.57. The summed E-state index contributed by atoms with van der Waals surface area (Å²) in [5, 5.41) is 17.7. The highest BCUT2D eigenvalue weighted by atomic mass is 32.2. The van der Waals surface area contributed by atoms with Crippen molar-refractivity contribution in [2.45, 2.75) is 11.9 Å². The second-order valence-electron chi connectivity index (χ2n) is 2.93. The number of aliphatic hydroxyl groups excluding tert-OH is 2. The lowest BCUT2D eigenvalue weighted by Crippen LogP contribution is -2.14. The highest BCUT2D eigenvalue weighted by Crippen LogP contribution is 2.12. The normalized spacial score (nSPS) is 12.7. The standard InChI is InChI=1S/C9H14N2O2S/c10-7-1-2-11-8(3-7)5-14-6-9(13)4-12/h1-3,9,12-13H,4-6H2,(H2,10,11). The first-order valence-electron chi connectivity index (χ1n) is 4.29. The van der Waals surface area contributed by atoms with Gasteiger partial charge in [-0.1, -0.05) is 0 Å². The van der Waals surface area contributed by atoms with Crippen molar-refractivity contribution >= 4 is 17.4 Å². The van der Waals surface area contributed by atoms with E-state index in [1.54, 1.807) is 18.3 Å². The van der Waals surface area contributed by atoms with Crippen LogP contribution in [0.25, 0.3) is 0 Å². The number of aromatic nitrogens is 1. The molecule has 0 amide bonds. The summed E-state index contributed by atoms with van der Waals surface area (Å²) < 4.78 is 0. The monoisotopic (exact) mass is 214 g/mol. The summed E-state index contributed by atoms with van der Waals surface area (Å²) in [4.78, 5) is 4.12. The molecule has 0 saturated heterocycles. The zero-order valence-electron chi connectivity index (χ0n) is 7.76. The first kappa shape index (κ1) is 11.3. The van der Waals surface area contributed by atoms with Crippen LogP contribution in [0.1, 0.15) is 5.69 Å². The average Bonchev–Trinajstić information content (AvgIpc) is 2.17. The number of hydrogen-bond acceptors (Lipinski definition) is 5. The molecule has 0 bridgehead atoms. The van der Waals surface area contributed by atoms with E-state index in [-0.39, 0.29) is 6.61 Å². The fourth-order valence-corrected chi connectivity index (χ4v) is 1.79. The van der Waals surface area contributed by atoms with Crippen LogP contribution in [-0.4, -0.2) is 33.7 Å². The predicted octanol–water partition coefficient (Wildman–Crippen LogP) is 0.250. The smallest absolute Gasteiger partial charge is 0.0861 e. The maximum absolute atomic E-state index is 9.07. The van der Waals surface area contributed by atoms with Crippen LogP contribution in [0.2, 0.25) is 0 Å². The minimum atomic E-state index is -0.652. The number of nitrogens with zero attached hydrogens (tertiary/aromatic N) is 1. The van der Waals surface area contributed by atoms with Crippen LogP contribution in [0.4, 0.5) is 5.69 Å². The van der Waals surface area contributed by atoms with Gasteiger partial charge < -0.3 is 15.9 Å². The van der Waals surface area contributed by atoms with E-state index >= 15 is 0 Å². The molecule has 0 fully saturated rings. The van der Waals surface area contributed by atoms with Crippen molar-refractivity contribution in [3.63, 3.8) is 0 Å². The van der Waals surface area contributed by atoms with Crippen molar-refractivity contribution < 1.29 is 10.2 Å². The molecule has 78 valence electrons. The fraction of sp³-hybridized carbons (Fsp3) is 0.444. The molecule has 0 aliphatic carbocycles. The Morgan fingerprint density at radius 3 is 3.00 bits per heavy atom. The van der Waals surface area contributed by atoms with E-state index in [0.717, 1.165) is 5.69 Å². The van der Waals surface area contributed by atoms with Gasteiger partial charge in [-0.25, -0.2) is 0 Å². The average molecular weight is 214 g/mol. The summed E-state index contributed by atoms with van der Waals surface area (Å²) in [7, 11) is 0. The molecule has 1 aromatic heterocycles. The number of hydrogen-bond donors (Lipinski definition) is 3. The van der Waals surface area contributed by atoms with Gasteiger partial charge in [0.2, 0.25) is 0 Å². The Bertz CT molecular complexity index is 283. The van der Waals surface area contributed by atoms with Crippen LogP contribution in [0.3, 0.4) is 0 Å². The van der Waals surface area contributed by atoms with Crippen LogP contribution < -0.4 is 5.73 Å². The van der Waals surface area contributed by atoms with Gasteiger partial charge in [-0.15, -0.1) is 0 Å². The molecule has 4 nitrogen and oxygen atoms in total. The van der Waals surface area contributed by atoms with E-state index in [9.17, 15) is 0 Å². The van der Waals surface area contributed by atoms with Gasteiger partial charge in [0.1, 0.15) is 0 Å². The van der Waals surface area contributed by atoms with Gasteiger partial charge in [0.15, 0.2) is 0 Å². The SMILES string of the molecule is Nc1ccnc(CSCC(O)CO)c1. The first-order valence-corrected chi connectivity index (χ1v) is 5.45. The Kier molecular flexibility index (Phi) is 4.72. The van der Waals surface area contributed by atoms with Crippen molar-refractivity contribution in [2.75, 3.05) is 18.1 Å². The fourth-order valence-electron chi connectivity index (χ4n) is 0.928. The molecule has 4 N–H and O–H groups in total. The molecule has 14 heavy (non-hydrogen) atoms. The van der Waals surface area contributed by atoms with E-state index < -0.39 is 6.10 Å². The highest BCUT2D eigenvalue weighted by molar-refractivity contribution is 7.98. The number of aliphatic hydroxyl groups is 2. The molecule has 0 saturated carbocycles. The van der Waals surface area contributed by atoms with Gasteiger partial charge in [-0.05, 0) is 12.1 Å². The minimum Gasteiger partial charge on any atom is -0.399 e. The van der Waals surface area contributed by atoms with Gasteiger partial charge in [0.25, 0.3) is 0 Å². The predicted molar refractivity (Wildman–Crippen MR) is 57.9 cm³/mol. The number of nitrogen functional groups attached to an aromatic ring is 1. The first-order chi connectivity index (χ1) is 6.72. The Labute approximate surface area is 87.2 Å². The van der Waals surface area contributed by atoms with Crippen molar-refractivity contribution in [1.29, 1.82) is 0 Å². The van der Waals surface area contributed by atoms with E-state index in [1.807, 2.05) is 0 Å². The number of thioether (sulfide) groups is 1. The van der Waals surface area contributed by atoms with Crippen LogP contribution in [0.15, 0.2) is 18.3 Å². The van der Waals surface area contributed by atoms with E-state index in [2.05, 4.69) is 4.98 Å². The van der Waals surface area contributed by atoms with Gasteiger partial charge in [0, 0.05) is 23.4 Å². The second kappa shape index (κ2) is 5.85. The van der Waals surface area contributed by atoms with Crippen LogP contribution in [-0.2, 0) is 5.75 Å². The minimum absolute atomic E-state index is 0.197. The lowest BCUT2D eigenvalue weighted by molar-refractivity contribution is 0.113. The lowest BCUT2D eigenvalue weighted by Gasteiger charge is -2.06. The number of nitrogens with two attached hydrogens (primary N) is 1. The summed E-state index contributed by atoms with van der Waals surface area (Å²) in [6.45, 7) is -0.197. The molecule has 0 aliphatic heterocycles. The van der Waals surface area contributed by atoms with Crippen LogP contribution in [0, 0.1) is 0 Å². The maximum Gasteiger partial charge on any atom is 0.0861 e. The molecule has 0 radical (unpaired) electrons. The number of rotatable bonds is 5. The number of anilines is 1. The third kappa shape index (κ3) is 3.95. The van der Waals surface area contributed by atoms with E-state index in [1.165, 1.54) is 11.8 Å². The van der Waals surface area contributed by atoms with E-state index in [4.69, 9.17) is 15.9 Å². The van der Waals surface area contributed by atoms with Gasteiger partial charge >= 0.3 is 0 Å². The van der Waals surface area contributed by atoms with Crippen LogP contribution in [0.5, 0.6) is 0 Å². The Morgan fingerprint density at radius 1 is 1.57 bits per heavy atom. The summed E-state index contributed by atoms with van der Waals surface area (Å²) in [6, 6.07) is 3.54. The lowest BCUT2D eigenvalue weighted by atomic mass is 10.3. The summed E-state index contributed by atoms with van der Waals surface area (Å²) >= 11 is 1.52. The molecule has 0 aromatic carbocycles. The van der Waals surface area contributed by atoms with Crippen molar-refractivity contribution in [3.05, 3.63) is 24.0 Å². The van der Waals surface area contributed by atoms with Gasteiger partial charge in [-0.3, -0.25) is 4.98 Å². The quantitative estimate of drug-likeness (QED) is 0.655.